The van der Waals surface area contributed by atoms with Gasteiger partial charge in [-0.3, -0.25) is 0 Å². The predicted molar refractivity (Wildman–Crippen MR) is 60.7 cm³/mol. The van der Waals surface area contributed by atoms with Crippen LogP contribution in [0.1, 0.15) is 0 Å². The van der Waals surface area contributed by atoms with E-state index in [0.29, 0.717) is 5.69 Å². The van der Waals surface area contributed by atoms with E-state index in [-0.39, 0.29) is 0 Å². The molecule has 0 bridgehead atoms. The summed E-state index contributed by atoms with van der Waals surface area (Å²) >= 11 is 0. The van der Waals surface area contributed by atoms with Gasteiger partial charge >= 0.3 is 12.1 Å². The molecule has 16 heavy (non-hydrogen) atoms. The molecule has 86 valence electrons. The predicted octanol–water partition coefficient (Wildman–Crippen LogP) is 0.758. The average Bonchev–Trinajstić information content (AvgIpc) is 2.26. The summed E-state index contributed by atoms with van der Waals surface area (Å²) in [4.78, 5) is 23.9. The number of carbonyl (C=O) groups excluding carboxylic acids is 2. The van der Waals surface area contributed by atoms with Gasteiger partial charge in [-0.05, 0) is 12.1 Å². The van der Waals surface area contributed by atoms with Crippen LogP contribution in [0.2, 0.25) is 0 Å². The Hall–Kier alpha value is -2.24. The van der Waals surface area contributed by atoms with Crippen LogP contribution in [0.3, 0.4) is 0 Å². The van der Waals surface area contributed by atoms with Crippen LogP contribution in [0.4, 0.5) is 15.3 Å². The molecule has 0 radical (unpaired) electrons. The first kappa shape index (κ1) is 11.8. The van der Waals surface area contributed by atoms with Gasteiger partial charge in [0.25, 0.3) is 0 Å². The van der Waals surface area contributed by atoms with E-state index in [9.17, 15) is 9.59 Å². The average molecular weight is 222 g/mol. The van der Waals surface area contributed by atoms with Gasteiger partial charge < -0.3 is 10.6 Å². The molecular formula is C10H14N4O2. The number of urea groups is 2. The Morgan fingerprint density at radius 3 is 2.19 bits per heavy atom. The van der Waals surface area contributed by atoms with Crippen molar-refractivity contribution in [3.05, 3.63) is 30.3 Å². The molecule has 0 aromatic heterocycles. The lowest BCUT2D eigenvalue weighted by Crippen LogP contribution is -2.52. The summed E-state index contributed by atoms with van der Waals surface area (Å²) in [5.74, 6) is 0. The van der Waals surface area contributed by atoms with Gasteiger partial charge in [-0.15, -0.1) is 0 Å². The van der Waals surface area contributed by atoms with Crippen LogP contribution < -0.4 is 16.2 Å². The monoisotopic (exact) mass is 222 g/mol. The van der Waals surface area contributed by atoms with E-state index in [0.717, 1.165) is 5.01 Å². The highest BCUT2D eigenvalue weighted by Gasteiger charge is 2.15. The summed E-state index contributed by atoms with van der Waals surface area (Å²) in [5, 5.41) is 0.988. The van der Waals surface area contributed by atoms with E-state index >= 15 is 0 Å². The molecule has 1 aromatic rings. The highest BCUT2D eigenvalue weighted by atomic mass is 16.2. The number of nitrogens with one attached hydrogen (secondary N) is 1. The van der Waals surface area contributed by atoms with Crippen molar-refractivity contribution in [1.82, 2.24) is 10.3 Å². The van der Waals surface area contributed by atoms with Gasteiger partial charge in [-0.2, -0.15) is 0 Å². The van der Waals surface area contributed by atoms with Crippen LogP contribution in [0.5, 0.6) is 0 Å². The number of anilines is 1. The third kappa shape index (κ3) is 2.88. The van der Waals surface area contributed by atoms with Crippen molar-refractivity contribution in [2.45, 2.75) is 0 Å². The Labute approximate surface area is 93.6 Å². The molecule has 1 aromatic carbocycles. The van der Waals surface area contributed by atoms with Gasteiger partial charge in [0.15, 0.2) is 0 Å². The van der Waals surface area contributed by atoms with Crippen molar-refractivity contribution in [2.75, 3.05) is 19.1 Å². The van der Waals surface area contributed by atoms with Crippen LogP contribution in [0.25, 0.3) is 0 Å². The third-order valence-electron chi connectivity index (χ3n) is 1.85. The van der Waals surface area contributed by atoms with E-state index in [4.69, 9.17) is 5.73 Å². The lowest BCUT2D eigenvalue weighted by atomic mass is 10.3. The molecule has 6 nitrogen and oxygen atoms in total. The Bertz CT molecular complexity index is 378. The normalized spacial score (nSPS) is 9.38. The van der Waals surface area contributed by atoms with Crippen molar-refractivity contribution in [1.29, 1.82) is 0 Å². The van der Waals surface area contributed by atoms with Crippen molar-refractivity contribution in [3.8, 4) is 0 Å². The maximum Gasteiger partial charge on any atom is 0.338 e. The Kier molecular flexibility index (Phi) is 3.71. The van der Waals surface area contributed by atoms with Gasteiger partial charge in [-0.25, -0.2) is 20.0 Å². The van der Waals surface area contributed by atoms with Crippen molar-refractivity contribution in [3.63, 3.8) is 0 Å². The van der Waals surface area contributed by atoms with Gasteiger partial charge in [0.05, 0.1) is 5.69 Å². The fraction of sp³-hybridized carbons (Fsp3) is 0.200. The molecule has 0 heterocycles. The molecule has 0 aliphatic rings. The first-order chi connectivity index (χ1) is 7.52. The number of nitrogens with two attached hydrogens (primary N) is 1. The van der Waals surface area contributed by atoms with E-state index in [1.54, 1.807) is 44.4 Å². The molecule has 3 N–H and O–H groups in total. The molecule has 4 amide bonds. The molecule has 0 saturated carbocycles. The van der Waals surface area contributed by atoms with Crippen LogP contribution in [-0.4, -0.2) is 31.1 Å². The van der Waals surface area contributed by atoms with Gasteiger partial charge in [0.1, 0.15) is 0 Å². The standard InChI is InChI=1S/C10H14N4O2/c1-13(2)10(16)12-14(9(11)15)8-6-4-3-5-7-8/h3-7H,1-2H3,(H2,11,15)(H,12,16). The number of carbonyl (C=O) groups is 2. The summed E-state index contributed by atoms with van der Waals surface area (Å²) in [6.45, 7) is 0. The smallest absolute Gasteiger partial charge is 0.338 e. The van der Waals surface area contributed by atoms with Gasteiger partial charge in [0, 0.05) is 14.1 Å². The second kappa shape index (κ2) is 5.01. The zero-order valence-corrected chi connectivity index (χ0v) is 9.18. The Morgan fingerprint density at radius 1 is 1.19 bits per heavy atom. The first-order valence-corrected chi connectivity index (χ1v) is 4.65. The summed E-state index contributed by atoms with van der Waals surface area (Å²) in [6.07, 6.45) is 0. The van der Waals surface area contributed by atoms with Crippen molar-refractivity contribution < 1.29 is 9.59 Å². The maximum atomic E-state index is 11.4. The molecule has 0 atom stereocenters. The molecule has 0 spiro atoms. The zero-order valence-electron chi connectivity index (χ0n) is 9.18. The number of rotatable bonds is 1. The molecule has 0 fully saturated rings. The first-order valence-electron chi connectivity index (χ1n) is 4.65. The van der Waals surface area contributed by atoms with Gasteiger partial charge in [-0.1, -0.05) is 18.2 Å². The largest absolute Gasteiger partial charge is 0.350 e. The minimum atomic E-state index is -0.749. The fourth-order valence-corrected chi connectivity index (χ4v) is 1.02. The summed E-state index contributed by atoms with van der Waals surface area (Å²) in [7, 11) is 3.14. The summed E-state index contributed by atoms with van der Waals surface area (Å²) in [6, 6.07) is 7.45. The number of primary amides is 1. The highest BCUT2D eigenvalue weighted by Crippen LogP contribution is 2.10. The second-order valence-corrected chi connectivity index (χ2v) is 3.32. The van der Waals surface area contributed by atoms with Crippen molar-refractivity contribution >= 4 is 17.7 Å². The fourth-order valence-electron chi connectivity index (χ4n) is 1.02. The molecular weight excluding hydrogens is 208 g/mol. The Morgan fingerprint density at radius 2 is 1.75 bits per heavy atom. The van der Waals surface area contributed by atoms with E-state index in [1.807, 2.05) is 0 Å². The highest BCUT2D eigenvalue weighted by molar-refractivity contribution is 5.93. The molecule has 6 heteroatoms. The third-order valence-corrected chi connectivity index (χ3v) is 1.85. The topological polar surface area (TPSA) is 78.7 Å². The van der Waals surface area contributed by atoms with E-state index < -0.39 is 12.1 Å². The number of amides is 4. The van der Waals surface area contributed by atoms with Crippen molar-refractivity contribution in [2.24, 2.45) is 5.73 Å². The molecule has 0 unspecified atom stereocenters. The summed E-state index contributed by atoms with van der Waals surface area (Å²) < 4.78 is 0. The van der Waals surface area contributed by atoms with Crippen LogP contribution >= 0.6 is 0 Å². The van der Waals surface area contributed by atoms with Crippen LogP contribution in [0, 0.1) is 0 Å². The lowest BCUT2D eigenvalue weighted by molar-refractivity contribution is 0.214. The second-order valence-electron chi connectivity index (χ2n) is 3.32. The quantitative estimate of drug-likeness (QED) is 0.688. The van der Waals surface area contributed by atoms with Crippen LogP contribution in [0.15, 0.2) is 30.3 Å². The van der Waals surface area contributed by atoms with Gasteiger partial charge in [0.2, 0.25) is 0 Å². The lowest BCUT2D eigenvalue weighted by Gasteiger charge is -2.23. The molecule has 0 aliphatic carbocycles. The number of hydrogen-bond acceptors (Lipinski definition) is 2. The van der Waals surface area contributed by atoms with E-state index in [1.165, 1.54) is 4.90 Å². The van der Waals surface area contributed by atoms with Crippen LogP contribution in [-0.2, 0) is 0 Å². The number of para-hydroxylation sites is 1. The minimum Gasteiger partial charge on any atom is -0.350 e. The number of hydrogen-bond donors (Lipinski definition) is 2. The Balaban J connectivity index is 2.85. The maximum absolute atomic E-state index is 11.4. The molecule has 1 rings (SSSR count). The molecule has 0 saturated heterocycles. The zero-order chi connectivity index (χ0) is 12.1. The summed E-state index contributed by atoms with van der Waals surface area (Å²) in [5.41, 5.74) is 8.05. The number of nitrogens with zero attached hydrogens (tertiary/aromatic N) is 2. The minimum absolute atomic E-state index is 0.428. The SMILES string of the molecule is CN(C)C(=O)NN(C(N)=O)c1ccccc1. The molecule has 0 aliphatic heterocycles. The number of benzene rings is 1. The number of hydrazine groups is 1. The van der Waals surface area contributed by atoms with E-state index in [2.05, 4.69) is 5.43 Å².